The molecule has 0 unspecified atom stereocenters. The van der Waals surface area contributed by atoms with E-state index in [1.165, 1.54) is 10.7 Å². The lowest BCUT2D eigenvalue weighted by molar-refractivity contribution is 0.855. The number of hydrogen-bond acceptors (Lipinski definition) is 2. The van der Waals surface area contributed by atoms with Crippen LogP contribution < -0.4 is 5.56 Å². The topological polar surface area (TPSA) is 39.3 Å². The Kier molecular flexibility index (Phi) is 2.45. The Bertz CT molecular complexity index is 774. The molecule has 4 nitrogen and oxygen atoms in total. The molecule has 0 aliphatic heterocycles. The van der Waals surface area contributed by atoms with Crippen LogP contribution in [-0.4, -0.2) is 14.2 Å². The van der Waals surface area contributed by atoms with E-state index >= 15 is 0 Å². The summed E-state index contributed by atoms with van der Waals surface area (Å²) in [5.74, 6) is 0. The van der Waals surface area contributed by atoms with Gasteiger partial charge in [-0.1, -0.05) is 29.8 Å². The molecular weight excluding hydrogens is 250 g/mol. The maximum atomic E-state index is 12.4. The molecule has 2 heterocycles. The summed E-state index contributed by atoms with van der Waals surface area (Å²) >= 11 is 5.99. The molecule has 1 aromatic carbocycles. The molecule has 2 aromatic heterocycles. The first-order chi connectivity index (χ1) is 8.68. The van der Waals surface area contributed by atoms with Crippen LogP contribution in [0.25, 0.3) is 11.2 Å². The van der Waals surface area contributed by atoms with Gasteiger partial charge in [-0.3, -0.25) is 9.36 Å². The van der Waals surface area contributed by atoms with Crippen LogP contribution >= 0.6 is 11.6 Å². The van der Waals surface area contributed by atoms with Crippen molar-refractivity contribution in [2.24, 2.45) is 0 Å². The number of halogens is 1. The lowest BCUT2D eigenvalue weighted by atomic mass is 10.3. The molecule has 0 fully saturated rings. The maximum Gasteiger partial charge on any atom is 0.282 e. The first kappa shape index (κ1) is 11.0. The van der Waals surface area contributed by atoms with Gasteiger partial charge in [-0.25, -0.2) is 4.52 Å². The van der Waals surface area contributed by atoms with Crippen molar-refractivity contribution < 1.29 is 0 Å². The summed E-state index contributed by atoms with van der Waals surface area (Å²) in [4.78, 5) is 12.4. The fourth-order valence-corrected chi connectivity index (χ4v) is 2.25. The standard InChI is InChI=1S/C13H10ClN3O/c1-9-8-16-12(11(14)7-15-16)13(18)17(9)10-5-3-2-4-6-10/h2-8H,1H3. The Morgan fingerprint density at radius 2 is 1.94 bits per heavy atom. The highest BCUT2D eigenvalue weighted by Crippen LogP contribution is 2.15. The van der Waals surface area contributed by atoms with Crippen molar-refractivity contribution in [3.63, 3.8) is 0 Å². The summed E-state index contributed by atoms with van der Waals surface area (Å²) in [6.07, 6.45) is 3.27. The molecule has 0 atom stereocenters. The molecule has 0 saturated carbocycles. The van der Waals surface area contributed by atoms with Crippen LogP contribution in [0.5, 0.6) is 0 Å². The Morgan fingerprint density at radius 1 is 1.22 bits per heavy atom. The number of aryl methyl sites for hydroxylation is 1. The Labute approximate surface area is 108 Å². The van der Waals surface area contributed by atoms with Gasteiger partial charge in [0.1, 0.15) is 0 Å². The van der Waals surface area contributed by atoms with Crippen LogP contribution in [0, 0.1) is 6.92 Å². The normalized spacial score (nSPS) is 11.0. The summed E-state index contributed by atoms with van der Waals surface area (Å²) in [7, 11) is 0. The molecule has 0 bridgehead atoms. The first-order valence-electron chi connectivity index (χ1n) is 5.49. The Hall–Kier alpha value is -2.07. The fourth-order valence-electron chi connectivity index (χ4n) is 2.04. The zero-order valence-corrected chi connectivity index (χ0v) is 10.4. The number of rotatable bonds is 1. The number of hydrogen-bond donors (Lipinski definition) is 0. The van der Waals surface area contributed by atoms with Crippen molar-refractivity contribution in [3.05, 3.63) is 63.8 Å². The minimum Gasteiger partial charge on any atom is -0.278 e. The molecule has 90 valence electrons. The lowest BCUT2D eigenvalue weighted by Crippen LogP contribution is -2.22. The van der Waals surface area contributed by atoms with Crippen molar-refractivity contribution in [1.29, 1.82) is 0 Å². The van der Waals surface area contributed by atoms with Gasteiger partial charge in [-0.2, -0.15) is 5.10 Å². The highest BCUT2D eigenvalue weighted by molar-refractivity contribution is 6.33. The second-order valence-electron chi connectivity index (χ2n) is 4.03. The molecule has 18 heavy (non-hydrogen) atoms. The van der Waals surface area contributed by atoms with E-state index in [4.69, 9.17) is 11.6 Å². The van der Waals surface area contributed by atoms with Crippen LogP contribution in [0.1, 0.15) is 5.69 Å². The van der Waals surface area contributed by atoms with Gasteiger partial charge in [0.05, 0.1) is 11.2 Å². The second-order valence-corrected chi connectivity index (χ2v) is 4.44. The lowest BCUT2D eigenvalue weighted by Gasteiger charge is -2.10. The molecule has 0 aliphatic rings. The smallest absolute Gasteiger partial charge is 0.278 e. The number of fused-ring (bicyclic) bond motifs is 1. The SMILES string of the molecule is Cc1cn2ncc(Cl)c2c(=O)n1-c1ccccc1. The van der Waals surface area contributed by atoms with E-state index in [9.17, 15) is 4.79 Å². The summed E-state index contributed by atoms with van der Waals surface area (Å²) in [5, 5.41) is 4.41. The molecule has 0 saturated heterocycles. The van der Waals surface area contributed by atoms with E-state index in [2.05, 4.69) is 5.10 Å². The number of aromatic nitrogens is 3. The average Bonchev–Trinajstić information content (AvgIpc) is 2.72. The van der Waals surface area contributed by atoms with Gasteiger partial charge in [-0.15, -0.1) is 0 Å². The van der Waals surface area contributed by atoms with Crippen molar-refractivity contribution in [1.82, 2.24) is 14.2 Å². The van der Waals surface area contributed by atoms with Crippen molar-refractivity contribution in [2.45, 2.75) is 6.92 Å². The van der Waals surface area contributed by atoms with Crippen molar-refractivity contribution in [3.8, 4) is 5.69 Å². The van der Waals surface area contributed by atoms with Gasteiger partial charge in [0.2, 0.25) is 0 Å². The molecular formula is C13H10ClN3O. The molecule has 0 aliphatic carbocycles. The monoisotopic (exact) mass is 259 g/mol. The van der Waals surface area contributed by atoms with Crippen molar-refractivity contribution in [2.75, 3.05) is 0 Å². The minimum absolute atomic E-state index is 0.163. The number of benzene rings is 1. The molecule has 0 spiro atoms. The molecule has 3 aromatic rings. The zero-order chi connectivity index (χ0) is 12.7. The van der Waals surface area contributed by atoms with Crippen LogP contribution in [-0.2, 0) is 0 Å². The zero-order valence-electron chi connectivity index (χ0n) is 9.67. The summed E-state index contributed by atoms with van der Waals surface area (Å²) in [6, 6.07) is 9.46. The van der Waals surface area contributed by atoms with E-state index in [1.807, 2.05) is 37.3 Å². The summed E-state index contributed by atoms with van der Waals surface area (Å²) in [5.41, 5.74) is 1.85. The molecule has 3 rings (SSSR count). The van der Waals surface area contributed by atoms with E-state index in [0.717, 1.165) is 11.4 Å². The van der Waals surface area contributed by atoms with Gasteiger partial charge in [0.25, 0.3) is 5.56 Å². The average molecular weight is 260 g/mol. The largest absolute Gasteiger partial charge is 0.282 e. The quantitative estimate of drug-likeness (QED) is 0.673. The van der Waals surface area contributed by atoms with Crippen molar-refractivity contribution >= 4 is 17.1 Å². The Morgan fingerprint density at radius 3 is 2.67 bits per heavy atom. The highest BCUT2D eigenvalue weighted by atomic mass is 35.5. The molecule has 0 N–H and O–H groups in total. The van der Waals surface area contributed by atoms with Crippen LogP contribution in [0.4, 0.5) is 0 Å². The molecule has 0 amide bonds. The number of nitrogens with zero attached hydrogens (tertiary/aromatic N) is 3. The van der Waals surface area contributed by atoms with Gasteiger partial charge in [-0.05, 0) is 19.1 Å². The maximum absolute atomic E-state index is 12.4. The summed E-state index contributed by atoms with van der Waals surface area (Å²) in [6.45, 7) is 1.86. The van der Waals surface area contributed by atoms with E-state index < -0.39 is 0 Å². The van der Waals surface area contributed by atoms with E-state index in [1.54, 1.807) is 10.8 Å². The van der Waals surface area contributed by atoms with Gasteiger partial charge < -0.3 is 0 Å². The third kappa shape index (κ3) is 1.54. The molecule has 5 heteroatoms. The second kappa shape index (κ2) is 3.99. The molecule has 0 radical (unpaired) electrons. The first-order valence-corrected chi connectivity index (χ1v) is 5.87. The fraction of sp³-hybridized carbons (Fsp3) is 0.0769. The van der Waals surface area contributed by atoms with Gasteiger partial charge in [0.15, 0.2) is 5.52 Å². The van der Waals surface area contributed by atoms with Crippen LogP contribution in [0.15, 0.2) is 47.5 Å². The van der Waals surface area contributed by atoms with E-state index in [-0.39, 0.29) is 5.56 Å². The van der Waals surface area contributed by atoms with Crippen LogP contribution in [0.3, 0.4) is 0 Å². The van der Waals surface area contributed by atoms with Crippen LogP contribution in [0.2, 0.25) is 5.02 Å². The van der Waals surface area contributed by atoms with Gasteiger partial charge >= 0.3 is 0 Å². The highest BCUT2D eigenvalue weighted by Gasteiger charge is 2.12. The Balaban J connectivity index is 2.43. The van der Waals surface area contributed by atoms with Gasteiger partial charge in [0, 0.05) is 17.6 Å². The predicted molar refractivity (Wildman–Crippen MR) is 70.5 cm³/mol. The van der Waals surface area contributed by atoms with E-state index in [0.29, 0.717) is 10.5 Å². The third-order valence-electron chi connectivity index (χ3n) is 2.83. The number of para-hydroxylation sites is 1. The predicted octanol–water partition coefficient (Wildman–Crippen LogP) is 2.45. The minimum atomic E-state index is -0.163. The third-order valence-corrected chi connectivity index (χ3v) is 3.11. The summed E-state index contributed by atoms with van der Waals surface area (Å²) < 4.78 is 3.14.